The first-order chi connectivity index (χ1) is 6.36. The van der Waals surface area contributed by atoms with Crippen molar-refractivity contribution in [2.24, 2.45) is 0 Å². The Morgan fingerprint density at radius 2 is 1.92 bits per heavy atom. The van der Waals surface area contributed by atoms with E-state index in [0.29, 0.717) is 0 Å². The zero-order chi connectivity index (χ0) is 9.68. The van der Waals surface area contributed by atoms with Crippen molar-refractivity contribution in [3.63, 3.8) is 0 Å². The van der Waals surface area contributed by atoms with Gasteiger partial charge in [-0.2, -0.15) is 0 Å². The number of aryl methyl sites for hydroxylation is 1. The van der Waals surface area contributed by atoms with Gasteiger partial charge in [0.2, 0.25) is 0 Å². The standard InChI is InChI=1S/C10H9N.C2H4/c1-8-4-5-10-9(7-8)3-2-6-11-10;1-2/h2-7H,1H3;1-2H2. The van der Waals surface area contributed by atoms with Crippen LogP contribution in [0.2, 0.25) is 0 Å². The van der Waals surface area contributed by atoms with Crippen LogP contribution in [0.4, 0.5) is 0 Å². The number of pyridine rings is 1. The number of aromatic nitrogens is 1. The van der Waals surface area contributed by atoms with Gasteiger partial charge in [-0.1, -0.05) is 17.7 Å². The molecule has 0 unspecified atom stereocenters. The van der Waals surface area contributed by atoms with Gasteiger partial charge in [-0.3, -0.25) is 4.98 Å². The second kappa shape index (κ2) is 4.41. The molecular formula is C12H13N. The maximum Gasteiger partial charge on any atom is 0.0702 e. The Labute approximate surface area is 78.7 Å². The summed E-state index contributed by atoms with van der Waals surface area (Å²) in [7, 11) is 0. The zero-order valence-electron chi connectivity index (χ0n) is 7.83. The highest BCUT2D eigenvalue weighted by molar-refractivity contribution is 5.78. The maximum atomic E-state index is 4.22. The van der Waals surface area contributed by atoms with Gasteiger partial charge in [0.05, 0.1) is 5.52 Å². The molecule has 2 rings (SSSR count). The molecule has 1 heteroatoms. The van der Waals surface area contributed by atoms with Gasteiger partial charge in [-0.25, -0.2) is 0 Å². The third-order valence-electron chi connectivity index (χ3n) is 1.76. The van der Waals surface area contributed by atoms with Crippen molar-refractivity contribution in [3.8, 4) is 0 Å². The Balaban J connectivity index is 0.000000396. The number of hydrogen-bond acceptors (Lipinski definition) is 1. The third-order valence-corrected chi connectivity index (χ3v) is 1.76. The fourth-order valence-electron chi connectivity index (χ4n) is 1.20. The van der Waals surface area contributed by atoms with E-state index in [-0.39, 0.29) is 0 Å². The molecule has 0 spiro atoms. The smallest absolute Gasteiger partial charge is 0.0702 e. The molecule has 0 aliphatic carbocycles. The summed E-state index contributed by atoms with van der Waals surface area (Å²) in [6.07, 6.45) is 1.82. The van der Waals surface area contributed by atoms with E-state index in [1.165, 1.54) is 10.9 Å². The highest BCUT2D eigenvalue weighted by atomic mass is 14.6. The zero-order valence-corrected chi connectivity index (χ0v) is 7.83. The molecule has 0 radical (unpaired) electrons. The Bertz CT molecular complexity index is 393. The van der Waals surface area contributed by atoms with Gasteiger partial charge >= 0.3 is 0 Å². The highest BCUT2D eigenvalue weighted by Gasteiger charge is 1.90. The maximum absolute atomic E-state index is 4.22. The third kappa shape index (κ3) is 2.15. The number of rotatable bonds is 0. The van der Waals surface area contributed by atoms with Gasteiger partial charge < -0.3 is 0 Å². The van der Waals surface area contributed by atoms with Crippen molar-refractivity contribution in [3.05, 3.63) is 55.3 Å². The molecule has 0 saturated carbocycles. The molecule has 0 saturated heterocycles. The van der Waals surface area contributed by atoms with E-state index in [1.807, 2.05) is 18.3 Å². The van der Waals surface area contributed by atoms with Gasteiger partial charge in [0.25, 0.3) is 0 Å². The minimum atomic E-state index is 1.07. The lowest BCUT2D eigenvalue weighted by atomic mass is 10.1. The summed E-state index contributed by atoms with van der Waals surface area (Å²) < 4.78 is 0. The largest absolute Gasteiger partial charge is 0.256 e. The molecule has 0 atom stereocenters. The van der Waals surface area contributed by atoms with Crippen molar-refractivity contribution < 1.29 is 0 Å². The Kier molecular flexibility index (Phi) is 3.21. The molecule has 2 aromatic rings. The second-order valence-corrected chi connectivity index (χ2v) is 2.70. The van der Waals surface area contributed by atoms with Crippen molar-refractivity contribution in [2.45, 2.75) is 6.92 Å². The molecule has 0 bridgehead atoms. The molecule has 66 valence electrons. The summed E-state index contributed by atoms with van der Waals surface area (Å²) in [5.74, 6) is 0. The lowest BCUT2D eigenvalue weighted by Crippen LogP contribution is -1.77. The summed E-state index contributed by atoms with van der Waals surface area (Å²) in [6.45, 7) is 8.09. The van der Waals surface area contributed by atoms with Crippen LogP contribution in [0.3, 0.4) is 0 Å². The van der Waals surface area contributed by atoms with E-state index in [9.17, 15) is 0 Å². The Hall–Kier alpha value is -1.63. The van der Waals surface area contributed by atoms with Crippen molar-refractivity contribution in [1.82, 2.24) is 4.98 Å². The normalized spacial score (nSPS) is 9.00. The summed E-state index contributed by atoms with van der Waals surface area (Å²) in [5.41, 5.74) is 2.35. The average molecular weight is 171 g/mol. The van der Waals surface area contributed by atoms with E-state index in [1.54, 1.807) is 0 Å². The molecular weight excluding hydrogens is 158 g/mol. The van der Waals surface area contributed by atoms with Crippen molar-refractivity contribution >= 4 is 10.9 Å². The summed E-state index contributed by atoms with van der Waals surface area (Å²) in [5, 5.41) is 1.22. The Morgan fingerprint density at radius 1 is 1.15 bits per heavy atom. The molecule has 1 aromatic heterocycles. The minimum Gasteiger partial charge on any atom is -0.256 e. The van der Waals surface area contributed by atoms with Crippen molar-refractivity contribution in [2.75, 3.05) is 0 Å². The second-order valence-electron chi connectivity index (χ2n) is 2.70. The molecule has 0 N–H and O–H groups in total. The van der Waals surface area contributed by atoms with E-state index in [2.05, 4.69) is 43.3 Å². The van der Waals surface area contributed by atoms with Gasteiger partial charge in [-0.05, 0) is 25.1 Å². The van der Waals surface area contributed by atoms with E-state index < -0.39 is 0 Å². The van der Waals surface area contributed by atoms with Crippen molar-refractivity contribution in [1.29, 1.82) is 0 Å². The first kappa shape index (κ1) is 9.46. The average Bonchev–Trinajstić information content (AvgIpc) is 2.21. The summed E-state index contributed by atoms with van der Waals surface area (Å²) >= 11 is 0. The van der Waals surface area contributed by atoms with E-state index in [0.717, 1.165) is 5.52 Å². The lowest BCUT2D eigenvalue weighted by molar-refractivity contribution is 1.39. The van der Waals surface area contributed by atoms with Crippen LogP contribution < -0.4 is 0 Å². The molecule has 0 aliphatic heterocycles. The van der Waals surface area contributed by atoms with Gasteiger partial charge in [0.15, 0.2) is 0 Å². The molecule has 13 heavy (non-hydrogen) atoms. The quantitative estimate of drug-likeness (QED) is 0.554. The van der Waals surface area contributed by atoms with Crippen LogP contribution in [-0.4, -0.2) is 4.98 Å². The molecule has 0 aliphatic rings. The lowest BCUT2D eigenvalue weighted by Gasteiger charge is -1.95. The number of fused-ring (bicyclic) bond motifs is 1. The molecule has 0 fully saturated rings. The predicted molar refractivity (Wildman–Crippen MR) is 57.7 cm³/mol. The molecule has 1 heterocycles. The van der Waals surface area contributed by atoms with Crippen LogP contribution in [0.25, 0.3) is 10.9 Å². The van der Waals surface area contributed by atoms with Crippen LogP contribution in [0, 0.1) is 6.92 Å². The summed E-state index contributed by atoms with van der Waals surface area (Å²) in [6, 6.07) is 10.3. The SMILES string of the molecule is C=C.Cc1ccc2ncccc2c1. The number of hydrogen-bond donors (Lipinski definition) is 0. The van der Waals surface area contributed by atoms with Gasteiger partial charge in [0, 0.05) is 11.6 Å². The monoisotopic (exact) mass is 171 g/mol. The molecule has 1 nitrogen and oxygen atoms in total. The molecule has 1 aromatic carbocycles. The first-order valence-corrected chi connectivity index (χ1v) is 4.18. The predicted octanol–water partition coefficient (Wildman–Crippen LogP) is 3.35. The van der Waals surface area contributed by atoms with Gasteiger partial charge in [-0.15, -0.1) is 13.2 Å². The Morgan fingerprint density at radius 3 is 2.69 bits per heavy atom. The fourth-order valence-corrected chi connectivity index (χ4v) is 1.20. The minimum absolute atomic E-state index is 1.07. The van der Waals surface area contributed by atoms with E-state index in [4.69, 9.17) is 0 Å². The number of benzene rings is 1. The van der Waals surface area contributed by atoms with Crippen LogP contribution in [0.5, 0.6) is 0 Å². The topological polar surface area (TPSA) is 12.9 Å². The fraction of sp³-hybridized carbons (Fsp3) is 0.0833. The molecule has 0 amide bonds. The van der Waals surface area contributed by atoms with E-state index >= 15 is 0 Å². The van der Waals surface area contributed by atoms with Crippen LogP contribution >= 0.6 is 0 Å². The highest BCUT2D eigenvalue weighted by Crippen LogP contribution is 2.11. The first-order valence-electron chi connectivity index (χ1n) is 4.18. The number of nitrogens with zero attached hydrogens (tertiary/aromatic N) is 1. The van der Waals surface area contributed by atoms with Crippen LogP contribution in [0.1, 0.15) is 5.56 Å². The van der Waals surface area contributed by atoms with Gasteiger partial charge in [0.1, 0.15) is 0 Å². The van der Waals surface area contributed by atoms with Crippen LogP contribution in [0.15, 0.2) is 49.7 Å². The van der Waals surface area contributed by atoms with Crippen LogP contribution in [-0.2, 0) is 0 Å². The summed E-state index contributed by atoms with van der Waals surface area (Å²) in [4.78, 5) is 4.22.